The second kappa shape index (κ2) is 5.73. The second-order valence-electron chi connectivity index (χ2n) is 5.12. The summed E-state index contributed by atoms with van der Waals surface area (Å²) in [7, 11) is 0. The highest BCUT2D eigenvalue weighted by Gasteiger charge is 2.19. The SMILES string of the molecule is N[C@@H]1CCc2cc(OCc3c(F)ccc(Br)c3F)ccc21. The molecule has 0 heterocycles. The van der Waals surface area contributed by atoms with Crippen LogP contribution >= 0.6 is 15.9 Å². The van der Waals surface area contributed by atoms with Gasteiger partial charge in [-0.05, 0) is 64.2 Å². The van der Waals surface area contributed by atoms with Crippen LogP contribution in [0.3, 0.4) is 0 Å². The number of halogens is 3. The van der Waals surface area contributed by atoms with Crippen LogP contribution in [0.5, 0.6) is 5.75 Å². The van der Waals surface area contributed by atoms with Crippen molar-refractivity contribution in [3.63, 3.8) is 0 Å². The molecule has 0 radical (unpaired) electrons. The Balaban J connectivity index is 1.79. The number of rotatable bonds is 3. The molecule has 0 saturated carbocycles. The zero-order chi connectivity index (χ0) is 15.0. The van der Waals surface area contributed by atoms with Gasteiger partial charge in [0.25, 0.3) is 0 Å². The van der Waals surface area contributed by atoms with Gasteiger partial charge in [0, 0.05) is 6.04 Å². The fourth-order valence-corrected chi connectivity index (χ4v) is 2.94. The largest absolute Gasteiger partial charge is 0.489 e. The van der Waals surface area contributed by atoms with E-state index in [1.165, 1.54) is 12.1 Å². The minimum absolute atomic E-state index is 0.0778. The molecule has 0 fully saturated rings. The molecule has 5 heteroatoms. The van der Waals surface area contributed by atoms with Gasteiger partial charge in [0.2, 0.25) is 0 Å². The lowest BCUT2D eigenvalue weighted by atomic mass is 10.1. The first-order valence-corrected chi connectivity index (χ1v) is 7.49. The molecule has 0 aromatic heterocycles. The van der Waals surface area contributed by atoms with Crippen LogP contribution in [-0.2, 0) is 13.0 Å². The maximum atomic E-state index is 13.9. The lowest BCUT2D eigenvalue weighted by molar-refractivity contribution is 0.292. The second-order valence-corrected chi connectivity index (χ2v) is 5.97. The Morgan fingerprint density at radius 3 is 2.86 bits per heavy atom. The summed E-state index contributed by atoms with van der Waals surface area (Å²) in [6.07, 6.45) is 1.83. The lowest BCUT2D eigenvalue weighted by Crippen LogP contribution is -2.05. The molecule has 2 aromatic carbocycles. The van der Waals surface area contributed by atoms with Gasteiger partial charge in [-0.1, -0.05) is 6.07 Å². The standard InChI is InChI=1S/C16H14BrF2NO/c17-13-4-5-14(18)12(16(13)19)8-21-10-2-3-11-9(7-10)1-6-15(11)20/h2-5,7,15H,1,6,8,20H2/t15-/m1/s1. The fourth-order valence-electron chi connectivity index (χ4n) is 2.57. The molecule has 1 aliphatic carbocycles. The van der Waals surface area contributed by atoms with Crippen molar-refractivity contribution in [2.75, 3.05) is 0 Å². The highest BCUT2D eigenvalue weighted by atomic mass is 79.9. The summed E-state index contributed by atoms with van der Waals surface area (Å²) in [5.41, 5.74) is 8.17. The minimum atomic E-state index is -0.627. The molecule has 1 atom stereocenters. The smallest absolute Gasteiger partial charge is 0.146 e. The number of benzene rings is 2. The van der Waals surface area contributed by atoms with E-state index in [2.05, 4.69) is 15.9 Å². The van der Waals surface area contributed by atoms with Crippen molar-refractivity contribution < 1.29 is 13.5 Å². The van der Waals surface area contributed by atoms with Crippen molar-refractivity contribution in [2.45, 2.75) is 25.5 Å². The Morgan fingerprint density at radius 2 is 2.05 bits per heavy atom. The van der Waals surface area contributed by atoms with Gasteiger partial charge in [-0.15, -0.1) is 0 Å². The first-order chi connectivity index (χ1) is 10.1. The highest BCUT2D eigenvalue weighted by molar-refractivity contribution is 9.10. The molecule has 0 spiro atoms. The van der Waals surface area contributed by atoms with Crippen LogP contribution in [0.4, 0.5) is 8.78 Å². The third kappa shape index (κ3) is 2.80. The number of aryl methyl sites for hydroxylation is 1. The Hall–Kier alpha value is -1.46. The number of nitrogens with two attached hydrogens (primary N) is 1. The molecule has 0 bridgehead atoms. The molecular formula is C16H14BrF2NO. The van der Waals surface area contributed by atoms with E-state index in [1.54, 1.807) is 6.07 Å². The predicted octanol–water partition coefficient (Wildman–Crippen LogP) is 4.25. The molecule has 0 aliphatic heterocycles. The Labute approximate surface area is 130 Å². The lowest BCUT2D eigenvalue weighted by Gasteiger charge is -2.11. The molecule has 110 valence electrons. The molecule has 3 rings (SSSR count). The molecule has 2 nitrogen and oxygen atoms in total. The Bertz CT molecular complexity index is 690. The van der Waals surface area contributed by atoms with Gasteiger partial charge in [-0.25, -0.2) is 8.78 Å². The number of hydrogen-bond acceptors (Lipinski definition) is 2. The monoisotopic (exact) mass is 353 g/mol. The van der Waals surface area contributed by atoms with E-state index < -0.39 is 11.6 Å². The zero-order valence-electron chi connectivity index (χ0n) is 11.2. The van der Waals surface area contributed by atoms with Gasteiger partial charge in [0.05, 0.1) is 10.0 Å². The van der Waals surface area contributed by atoms with E-state index in [4.69, 9.17) is 10.5 Å². The van der Waals surface area contributed by atoms with Gasteiger partial charge in [0.1, 0.15) is 24.0 Å². The molecule has 1 aliphatic rings. The van der Waals surface area contributed by atoms with Crippen molar-refractivity contribution in [1.82, 2.24) is 0 Å². The molecule has 0 unspecified atom stereocenters. The van der Waals surface area contributed by atoms with Crippen molar-refractivity contribution in [3.05, 3.63) is 63.1 Å². The quantitative estimate of drug-likeness (QED) is 0.837. The van der Waals surface area contributed by atoms with Crippen LogP contribution in [0.2, 0.25) is 0 Å². The van der Waals surface area contributed by atoms with Crippen molar-refractivity contribution >= 4 is 15.9 Å². The third-order valence-electron chi connectivity index (χ3n) is 3.76. The summed E-state index contributed by atoms with van der Waals surface area (Å²) in [4.78, 5) is 0. The normalized spacial score (nSPS) is 16.9. The van der Waals surface area contributed by atoms with Crippen LogP contribution in [-0.4, -0.2) is 0 Å². The van der Waals surface area contributed by atoms with Crippen molar-refractivity contribution in [1.29, 1.82) is 0 Å². The van der Waals surface area contributed by atoms with Crippen LogP contribution in [0.1, 0.15) is 29.2 Å². The Kier molecular flexibility index (Phi) is 3.95. The Morgan fingerprint density at radius 1 is 1.24 bits per heavy atom. The van der Waals surface area contributed by atoms with E-state index in [9.17, 15) is 8.78 Å². The van der Waals surface area contributed by atoms with Crippen molar-refractivity contribution in [2.24, 2.45) is 5.73 Å². The summed E-state index contributed by atoms with van der Waals surface area (Å²) in [6, 6.07) is 8.25. The average Bonchev–Trinajstić information content (AvgIpc) is 2.84. The van der Waals surface area contributed by atoms with Gasteiger partial charge in [-0.3, -0.25) is 0 Å². The molecule has 2 N–H and O–H groups in total. The number of hydrogen-bond donors (Lipinski definition) is 1. The molecule has 0 saturated heterocycles. The zero-order valence-corrected chi connectivity index (χ0v) is 12.8. The van der Waals surface area contributed by atoms with Crippen LogP contribution in [0, 0.1) is 11.6 Å². The fraction of sp³-hybridized carbons (Fsp3) is 0.250. The van der Waals surface area contributed by atoms with Gasteiger partial charge >= 0.3 is 0 Å². The maximum Gasteiger partial charge on any atom is 0.146 e. The minimum Gasteiger partial charge on any atom is -0.489 e. The first-order valence-electron chi connectivity index (χ1n) is 6.70. The number of ether oxygens (including phenoxy) is 1. The first kappa shape index (κ1) is 14.5. The average molecular weight is 354 g/mol. The van der Waals surface area contributed by atoms with Crippen molar-refractivity contribution in [3.8, 4) is 5.75 Å². The van der Waals surface area contributed by atoms with Crippen LogP contribution in [0.25, 0.3) is 0 Å². The van der Waals surface area contributed by atoms with Gasteiger partial charge in [-0.2, -0.15) is 0 Å². The van der Waals surface area contributed by atoms with E-state index in [0.717, 1.165) is 24.0 Å². The molecule has 0 amide bonds. The molecule has 2 aromatic rings. The summed E-state index contributed by atoms with van der Waals surface area (Å²) >= 11 is 3.04. The highest BCUT2D eigenvalue weighted by Crippen LogP contribution is 2.32. The number of fused-ring (bicyclic) bond motifs is 1. The summed E-state index contributed by atoms with van der Waals surface area (Å²) in [5.74, 6) is -0.640. The maximum absolute atomic E-state index is 13.9. The van der Waals surface area contributed by atoms with E-state index >= 15 is 0 Å². The summed E-state index contributed by atoms with van der Waals surface area (Å²) < 4.78 is 33.3. The summed E-state index contributed by atoms with van der Waals surface area (Å²) in [5, 5.41) is 0. The van der Waals surface area contributed by atoms with Crippen LogP contribution in [0.15, 0.2) is 34.8 Å². The van der Waals surface area contributed by atoms with E-state index in [-0.39, 0.29) is 22.7 Å². The van der Waals surface area contributed by atoms with E-state index in [1.807, 2.05) is 12.1 Å². The summed E-state index contributed by atoms with van der Waals surface area (Å²) in [6.45, 7) is -0.151. The molecular weight excluding hydrogens is 340 g/mol. The van der Waals surface area contributed by atoms with Gasteiger partial charge in [0.15, 0.2) is 0 Å². The van der Waals surface area contributed by atoms with Crippen LogP contribution < -0.4 is 10.5 Å². The third-order valence-corrected chi connectivity index (χ3v) is 4.37. The van der Waals surface area contributed by atoms with E-state index in [0.29, 0.717) is 5.75 Å². The predicted molar refractivity (Wildman–Crippen MR) is 80.1 cm³/mol. The molecule has 21 heavy (non-hydrogen) atoms. The van der Waals surface area contributed by atoms with Gasteiger partial charge < -0.3 is 10.5 Å². The topological polar surface area (TPSA) is 35.2 Å².